The third-order valence-corrected chi connectivity index (χ3v) is 6.12. The Morgan fingerprint density at radius 2 is 1.88 bits per heavy atom. The summed E-state index contributed by atoms with van der Waals surface area (Å²) in [6.07, 6.45) is 0. The summed E-state index contributed by atoms with van der Waals surface area (Å²) in [4.78, 5) is 12.2. The highest BCUT2D eigenvalue weighted by molar-refractivity contribution is 7.89. The standard InChI is InChI=1S/C17H16F2N2O3S/c1-11-10-12(18)6-7-15(11)25(23,24)21-9-8-20-17(22)16(21)13-4-2-3-5-14(13)19/h2-7,10,16H,8-9H2,1H3,(H,20,22). The number of rotatable bonds is 3. The number of hydrogen-bond acceptors (Lipinski definition) is 3. The lowest BCUT2D eigenvalue weighted by atomic mass is 10.0. The number of carbonyl (C=O) groups is 1. The van der Waals surface area contributed by atoms with Crippen LogP contribution in [0.1, 0.15) is 17.2 Å². The Bertz CT molecular complexity index is 931. The van der Waals surface area contributed by atoms with E-state index in [-0.39, 0.29) is 29.1 Å². The maximum absolute atomic E-state index is 14.2. The van der Waals surface area contributed by atoms with Crippen LogP contribution in [0, 0.1) is 18.6 Å². The van der Waals surface area contributed by atoms with Gasteiger partial charge in [0.2, 0.25) is 15.9 Å². The van der Waals surface area contributed by atoms with Gasteiger partial charge >= 0.3 is 0 Å². The molecule has 0 spiro atoms. The van der Waals surface area contributed by atoms with Crippen LogP contribution in [0.2, 0.25) is 0 Å². The fourth-order valence-electron chi connectivity index (χ4n) is 2.93. The molecule has 1 saturated heterocycles. The summed E-state index contributed by atoms with van der Waals surface area (Å²) in [5, 5.41) is 2.56. The van der Waals surface area contributed by atoms with E-state index in [0.29, 0.717) is 0 Å². The van der Waals surface area contributed by atoms with Gasteiger partial charge in [0.15, 0.2) is 0 Å². The van der Waals surface area contributed by atoms with E-state index in [4.69, 9.17) is 0 Å². The molecule has 1 N–H and O–H groups in total. The quantitative estimate of drug-likeness (QED) is 0.905. The minimum Gasteiger partial charge on any atom is -0.353 e. The number of nitrogens with one attached hydrogen (secondary N) is 1. The number of nitrogens with zero attached hydrogens (tertiary/aromatic N) is 1. The van der Waals surface area contributed by atoms with Gasteiger partial charge in [-0.05, 0) is 36.8 Å². The Morgan fingerprint density at radius 3 is 2.56 bits per heavy atom. The predicted octanol–water partition coefficient (Wildman–Crippen LogP) is 2.14. The van der Waals surface area contributed by atoms with Gasteiger partial charge in [0, 0.05) is 18.7 Å². The summed E-state index contributed by atoms with van der Waals surface area (Å²) in [7, 11) is -4.12. The van der Waals surface area contributed by atoms with E-state index in [1.807, 2.05) is 0 Å². The van der Waals surface area contributed by atoms with Gasteiger partial charge < -0.3 is 5.32 Å². The van der Waals surface area contributed by atoms with Gasteiger partial charge in [0.25, 0.3) is 0 Å². The van der Waals surface area contributed by atoms with Crippen LogP contribution in [0.5, 0.6) is 0 Å². The van der Waals surface area contributed by atoms with Crippen LogP contribution >= 0.6 is 0 Å². The van der Waals surface area contributed by atoms with Crippen LogP contribution in [-0.4, -0.2) is 31.7 Å². The van der Waals surface area contributed by atoms with Crippen molar-refractivity contribution in [1.82, 2.24) is 9.62 Å². The van der Waals surface area contributed by atoms with Crippen LogP contribution in [0.3, 0.4) is 0 Å². The second kappa shape index (κ2) is 6.53. The van der Waals surface area contributed by atoms with Crippen molar-refractivity contribution < 1.29 is 22.0 Å². The van der Waals surface area contributed by atoms with Crippen LogP contribution in [0.4, 0.5) is 8.78 Å². The molecule has 0 aliphatic carbocycles. The first kappa shape index (κ1) is 17.5. The Kier molecular flexibility index (Phi) is 4.57. The number of halogens is 2. The van der Waals surface area contributed by atoms with Crippen molar-refractivity contribution in [3.63, 3.8) is 0 Å². The number of piperazine rings is 1. The zero-order chi connectivity index (χ0) is 18.2. The molecule has 8 heteroatoms. The van der Waals surface area contributed by atoms with Gasteiger partial charge in [-0.15, -0.1) is 0 Å². The summed E-state index contributed by atoms with van der Waals surface area (Å²) in [5.74, 6) is -1.82. The molecule has 1 aliphatic rings. The molecule has 25 heavy (non-hydrogen) atoms. The highest BCUT2D eigenvalue weighted by Gasteiger charge is 2.41. The molecule has 1 aliphatic heterocycles. The third-order valence-electron chi connectivity index (χ3n) is 4.09. The number of aryl methyl sites for hydroxylation is 1. The fourth-order valence-corrected chi connectivity index (χ4v) is 4.70. The molecule has 0 saturated carbocycles. The molecule has 5 nitrogen and oxygen atoms in total. The number of amides is 1. The first-order valence-corrected chi connectivity index (χ1v) is 9.06. The number of sulfonamides is 1. The van der Waals surface area contributed by atoms with E-state index in [0.717, 1.165) is 22.5 Å². The van der Waals surface area contributed by atoms with Crippen LogP contribution < -0.4 is 5.32 Å². The molecule has 2 aromatic carbocycles. The number of carbonyl (C=O) groups excluding carboxylic acids is 1. The molecule has 1 fully saturated rings. The minimum absolute atomic E-state index is 0.0100. The van der Waals surface area contributed by atoms with Crippen LogP contribution in [0.25, 0.3) is 0 Å². The smallest absolute Gasteiger partial charge is 0.244 e. The number of benzene rings is 2. The van der Waals surface area contributed by atoms with Gasteiger partial charge in [-0.3, -0.25) is 4.79 Å². The lowest BCUT2D eigenvalue weighted by Crippen LogP contribution is -2.52. The van der Waals surface area contributed by atoms with Crippen molar-refractivity contribution in [2.24, 2.45) is 0 Å². The van der Waals surface area contributed by atoms with E-state index in [2.05, 4.69) is 5.32 Å². The zero-order valence-corrected chi connectivity index (χ0v) is 14.2. The van der Waals surface area contributed by atoms with Crippen molar-refractivity contribution in [2.75, 3.05) is 13.1 Å². The van der Waals surface area contributed by atoms with Crippen molar-refractivity contribution >= 4 is 15.9 Å². The van der Waals surface area contributed by atoms with Crippen molar-refractivity contribution in [2.45, 2.75) is 17.9 Å². The summed E-state index contributed by atoms with van der Waals surface area (Å²) in [5.41, 5.74) is 0.196. The van der Waals surface area contributed by atoms with Crippen molar-refractivity contribution in [1.29, 1.82) is 0 Å². The average molecular weight is 366 g/mol. The largest absolute Gasteiger partial charge is 0.353 e. The molecule has 132 valence electrons. The van der Waals surface area contributed by atoms with Crippen molar-refractivity contribution in [3.05, 3.63) is 65.2 Å². The minimum atomic E-state index is -4.12. The average Bonchev–Trinajstić information content (AvgIpc) is 2.55. The summed E-state index contributed by atoms with van der Waals surface area (Å²) < 4.78 is 54.6. The first-order chi connectivity index (χ1) is 11.8. The molecule has 2 aromatic rings. The van der Waals surface area contributed by atoms with E-state index < -0.39 is 33.6 Å². The van der Waals surface area contributed by atoms with Gasteiger partial charge in [-0.25, -0.2) is 17.2 Å². The molecule has 1 unspecified atom stereocenters. The van der Waals surface area contributed by atoms with Crippen molar-refractivity contribution in [3.8, 4) is 0 Å². The summed E-state index contributed by atoms with van der Waals surface area (Å²) in [6, 6.07) is 7.54. The second-order valence-electron chi connectivity index (χ2n) is 5.74. The topological polar surface area (TPSA) is 66.5 Å². The van der Waals surface area contributed by atoms with Gasteiger partial charge in [-0.1, -0.05) is 18.2 Å². The van der Waals surface area contributed by atoms with Gasteiger partial charge in [-0.2, -0.15) is 4.31 Å². The monoisotopic (exact) mass is 366 g/mol. The summed E-state index contributed by atoms with van der Waals surface area (Å²) >= 11 is 0. The molecule has 0 bridgehead atoms. The molecule has 0 aromatic heterocycles. The second-order valence-corrected chi connectivity index (χ2v) is 7.60. The van der Waals surface area contributed by atoms with Gasteiger partial charge in [0.1, 0.15) is 17.7 Å². The van der Waals surface area contributed by atoms with E-state index in [1.54, 1.807) is 0 Å². The zero-order valence-electron chi connectivity index (χ0n) is 13.4. The molecule has 3 rings (SSSR count). The SMILES string of the molecule is Cc1cc(F)ccc1S(=O)(=O)N1CCNC(=O)C1c1ccccc1F. The van der Waals surface area contributed by atoms with Gasteiger partial charge in [0.05, 0.1) is 4.90 Å². The number of hydrogen-bond donors (Lipinski definition) is 1. The molecule has 1 heterocycles. The fraction of sp³-hybridized carbons (Fsp3) is 0.235. The molecular formula is C17H16F2N2O3S. The Balaban J connectivity index is 2.12. The molecule has 0 radical (unpaired) electrons. The normalized spacial score (nSPS) is 18.8. The Labute approximate surface area is 144 Å². The maximum atomic E-state index is 14.2. The first-order valence-electron chi connectivity index (χ1n) is 7.62. The van der Waals surface area contributed by atoms with E-state index in [9.17, 15) is 22.0 Å². The van der Waals surface area contributed by atoms with Crippen LogP contribution in [-0.2, 0) is 14.8 Å². The lowest BCUT2D eigenvalue weighted by Gasteiger charge is -2.34. The highest BCUT2D eigenvalue weighted by atomic mass is 32.2. The molecule has 1 atom stereocenters. The van der Waals surface area contributed by atoms with Crippen LogP contribution in [0.15, 0.2) is 47.4 Å². The Morgan fingerprint density at radius 1 is 1.16 bits per heavy atom. The van der Waals surface area contributed by atoms with E-state index in [1.165, 1.54) is 31.2 Å². The Hall–Kier alpha value is -2.32. The summed E-state index contributed by atoms with van der Waals surface area (Å²) in [6.45, 7) is 1.57. The molecular weight excluding hydrogens is 350 g/mol. The third kappa shape index (κ3) is 3.14. The predicted molar refractivity (Wildman–Crippen MR) is 87.2 cm³/mol. The molecule has 1 amide bonds. The maximum Gasteiger partial charge on any atom is 0.244 e. The van der Waals surface area contributed by atoms with E-state index >= 15 is 0 Å². The lowest BCUT2D eigenvalue weighted by molar-refractivity contribution is -0.127. The highest BCUT2D eigenvalue weighted by Crippen LogP contribution is 2.32.